The third-order valence-corrected chi connectivity index (χ3v) is 5.17. The van der Waals surface area contributed by atoms with E-state index in [4.69, 9.17) is 4.74 Å². The lowest BCUT2D eigenvalue weighted by Crippen LogP contribution is -2.37. The second kappa shape index (κ2) is 8.03. The maximum atomic E-state index is 12.7. The number of anilines is 2. The molecule has 1 fully saturated rings. The van der Waals surface area contributed by atoms with Crippen LogP contribution in [-0.4, -0.2) is 57.6 Å². The fraction of sp³-hybridized carbons (Fsp3) is 0.333. The Hall–Kier alpha value is -2.85. The number of carbonyl (C=O) groups excluding carboxylic acids is 1. The minimum Gasteiger partial charge on any atom is -0.378 e. The monoisotopic (exact) mass is 400 g/mol. The summed E-state index contributed by atoms with van der Waals surface area (Å²) in [6.07, 6.45) is 5.10. The van der Waals surface area contributed by atoms with Crippen molar-refractivity contribution in [3.05, 3.63) is 47.1 Å². The highest BCUT2D eigenvalue weighted by atomic mass is 32.2. The van der Waals surface area contributed by atoms with E-state index in [1.54, 1.807) is 24.2 Å². The number of nitrogens with one attached hydrogen (secondary N) is 1. The molecule has 0 radical (unpaired) electrons. The summed E-state index contributed by atoms with van der Waals surface area (Å²) in [6, 6.07) is 7.53. The highest BCUT2D eigenvalue weighted by molar-refractivity contribution is 7.98. The average molecular weight is 400 g/mol. The van der Waals surface area contributed by atoms with Gasteiger partial charge in [0.15, 0.2) is 5.82 Å². The van der Waals surface area contributed by atoms with Gasteiger partial charge in [0.25, 0.3) is 0 Å². The fourth-order valence-corrected chi connectivity index (χ4v) is 3.53. The van der Waals surface area contributed by atoms with Gasteiger partial charge in [0.2, 0.25) is 11.6 Å². The van der Waals surface area contributed by atoms with Crippen molar-refractivity contribution >= 4 is 34.8 Å². The number of ether oxygens (including phenoxy) is 1. The minimum absolute atomic E-state index is 0.174. The number of benzene rings is 1. The molecule has 1 amide bonds. The summed E-state index contributed by atoms with van der Waals surface area (Å²) >= 11 is 1.59. The summed E-state index contributed by atoms with van der Waals surface area (Å²) in [4.78, 5) is 32.5. The van der Waals surface area contributed by atoms with Crippen molar-refractivity contribution < 1.29 is 9.53 Å². The van der Waals surface area contributed by atoms with Crippen LogP contribution in [0.15, 0.2) is 46.3 Å². The summed E-state index contributed by atoms with van der Waals surface area (Å²) in [5.74, 6) is 0.305. The molecule has 1 aromatic carbocycles. The van der Waals surface area contributed by atoms with Crippen molar-refractivity contribution in [2.45, 2.75) is 11.4 Å². The standard InChI is InChI=1S/C18H20N6O3S/c1-28-14-4-2-3-13(11-14)20-15(25)12-24-18(26)23-6-5-19-16(17(23)21-24)22-7-9-27-10-8-22/h2-6,11H,7-10,12H2,1H3,(H,20,25). The van der Waals surface area contributed by atoms with E-state index in [9.17, 15) is 9.59 Å². The molecular formula is C18H20N6O3S. The van der Waals surface area contributed by atoms with Gasteiger partial charge in [0.1, 0.15) is 6.54 Å². The first-order valence-corrected chi connectivity index (χ1v) is 10.1. The van der Waals surface area contributed by atoms with Crippen LogP contribution >= 0.6 is 11.8 Å². The zero-order valence-electron chi connectivity index (χ0n) is 15.4. The molecule has 0 unspecified atom stereocenters. The minimum atomic E-state index is -0.375. The smallest absolute Gasteiger partial charge is 0.350 e. The molecule has 1 aliphatic rings. The molecule has 3 aromatic rings. The van der Waals surface area contributed by atoms with Crippen molar-refractivity contribution in [3.63, 3.8) is 0 Å². The molecule has 146 valence electrons. The molecule has 0 aliphatic carbocycles. The zero-order valence-corrected chi connectivity index (χ0v) is 16.2. The van der Waals surface area contributed by atoms with Crippen LogP contribution in [0.4, 0.5) is 11.5 Å². The van der Waals surface area contributed by atoms with E-state index in [2.05, 4.69) is 15.4 Å². The third-order valence-electron chi connectivity index (χ3n) is 4.44. The van der Waals surface area contributed by atoms with E-state index < -0.39 is 0 Å². The highest BCUT2D eigenvalue weighted by Crippen LogP contribution is 2.19. The number of nitrogens with zero attached hydrogens (tertiary/aromatic N) is 5. The number of aromatic nitrogens is 4. The van der Waals surface area contributed by atoms with Gasteiger partial charge in [-0.15, -0.1) is 16.9 Å². The Morgan fingerprint density at radius 3 is 2.93 bits per heavy atom. The Morgan fingerprint density at radius 2 is 2.14 bits per heavy atom. The van der Waals surface area contributed by atoms with Crippen molar-refractivity contribution in [2.75, 3.05) is 42.8 Å². The number of fused-ring (bicyclic) bond motifs is 1. The van der Waals surface area contributed by atoms with E-state index in [1.807, 2.05) is 35.4 Å². The van der Waals surface area contributed by atoms with E-state index >= 15 is 0 Å². The largest absolute Gasteiger partial charge is 0.378 e. The molecule has 3 heterocycles. The molecular weight excluding hydrogens is 380 g/mol. The van der Waals surface area contributed by atoms with Crippen LogP contribution in [0.3, 0.4) is 0 Å². The molecule has 0 atom stereocenters. The van der Waals surface area contributed by atoms with Crippen molar-refractivity contribution in [3.8, 4) is 0 Å². The molecule has 0 bridgehead atoms. The molecule has 2 aromatic heterocycles. The van der Waals surface area contributed by atoms with Crippen LogP contribution in [0.2, 0.25) is 0 Å². The maximum absolute atomic E-state index is 12.7. The SMILES string of the molecule is CSc1cccc(NC(=O)Cn2nc3c(N4CCOCC4)nccn3c2=O)c1. The van der Waals surface area contributed by atoms with Crippen LogP contribution in [0.5, 0.6) is 0 Å². The van der Waals surface area contributed by atoms with E-state index in [0.717, 1.165) is 9.58 Å². The Morgan fingerprint density at radius 1 is 1.32 bits per heavy atom. The summed E-state index contributed by atoms with van der Waals surface area (Å²) in [6.45, 7) is 2.39. The number of amides is 1. The Labute approximate surface area is 165 Å². The Kier molecular flexibility index (Phi) is 5.31. The molecule has 1 N–H and O–H groups in total. The number of carbonyl (C=O) groups is 1. The van der Waals surface area contributed by atoms with Gasteiger partial charge < -0.3 is 15.0 Å². The average Bonchev–Trinajstić information content (AvgIpc) is 3.04. The lowest BCUT2D eigenvalue weighted by atomic mass is 10.3. The van der Waals surface area contributed by atoms with Gasteiger partial charge in [-0.2, -0.15) is 0 Å². The van der Waals surface area contributed by atoms with Gasteiger partial charge in [-0.1, -0.05) is 6.07 Å². The number of hydrogen-bond acceptors (Lipinski definition) is 7. The van der Waals surface area contributed by atoms with Gasteiger partial charge in [-0.05, 0) is 24.5 Å². The first kappa shape index (κ1) is 18.5. The van der Waals surface area contributed by atoms with Gasteiger partial charge in [0, 0.05) is 36.1 Å². The summed E-state index contributed by atoms with van der Waals surface area (Å²) in [5, 5.41) is 7.17. The van der Waals surface area contributed by atoms with Crippen molar-refractivity contribution in [2.24, 2.45) is 0 Å². The van der Waals surface area contributed by atoms with Crippen molar-refractivity contribution in [1.29, 1.82) is 0 Å². The van der Waals surface area contributed by atoms with Gasteiger partial charge in [-0.25, -0.2) is 18.9 Å². The third kappa shape index (κ3) is 3.73. The molecule has 10 heteroatoms. The lowest BCUT2D eigenvalue weighted by Gasteiger charge is -2.27. The quantitative estimate of drug-likeness (QED) is 0.641. The van der Waals surface area contributed by atoms with Crippen LogP contribution < -0.4 is 15.9 Å². The van der Waals surface area contributed by atoms with E-state index in [0.29, 0.717) is 43.5 Å². The molecule has 28 heavy (non-hydrogen) atoms. The molecule has 9 nitrogen and oxygen atoms in total. The van der Waals surface area contributed by atoms with Crippen LogP contribution in [0, 0.1) is 0 Å². The molecule has 0 spiro atoms. The first-order valence-electron chi connectivity index (χ1n) is 8.86. The Bertz CT molecular complexity index is 1060. The Balaban J connectivity index is 1.57. The van der Waals surface area contributed by atoms with Crippen LogP contribution in [0.25, 0.3) is 5.65 Å². The topological polar surface area (TPSA) is 93.8 Å². The molecule has 4 rings (SSSR count). The summed E-state index contributed by atoms with van der Waals surface area (Å²) in [7, 11) is 0. The predicted molar refractivity (Wildman–Crippen MR) is 107 cm³/mol. The molecule has 0 saturated carbocycles. The summed E-state index contributed by atoms with van der Waals surface area (Å²) in [5.41, 5.74) is 0.746. The predicted octanol–water partition coefficient (Wildman–Crippen LogP) is 1.09. The van der Waals surface area contributed by atoms with Gasteiger partial charge in [-0.3, -0.25) is 4.79 Å². The van der Waals surface area contributed by atoms with Gasteiger partial charge in [0.05, 0.1) is 13.2 Å². The lowest BCUT2D eigenvalue weighted by molar-refractivity contribution is -0.117. The second-order valence-electron chi connectivity index (χ2n) is 6.26. The number of rotatable bonds is 5. The number of morpholine rings is 1. The number of hydrogen-bond donors (Lipinski definition) is 1. The maximum Gasteiger partial charge on any atom is 0.350 e. The van der Waals surface area contributed by atoms with Crippen LogP contribution in [-0.2, 0) is 16.1 Å². The fourth-order valence-electron chi connectivity index (χ4n) is 3.07. The van der Waals surface area contributed by atoms with E-state index in [-0.39, 0.29) is 18.1 Å². The van der Waals surface area contributed by atoms with Crippen LogP contribution in [0.1, 0.15) is 0 Å². The number of thioether (sulfide) groups is 1. The summed E-state index contributed by atoms with van der Waals surface area (Å²) < 4.78 is 7.95. The highest BCUT2D eigenvalue weighted by Gasteiger charge is 2.20. The van der Waals surface area contributed by atoms with E-state index in [1.165, 1.54) is 4.40 Å². The normalized spacial score (nSPS) is 14.4. The van der Waals surface area contributed by atoms with Gasteiger partial charge >= 0.3 is 5.69 Å². The zero-order chi connectivity index (χ0) is 19.5. The molecule has 1 aliphatic heterocycles. The van der Waals surface area contributed by atoms with Crippen molar-refractivity contribution in [1.82, 2.24) is 19.2 Å². The first-order chi connectivity index (χ1) is 13.7. The molecule has 1 saturated heterocycles. The second-order valence-corrected chi connectivity index (χ2v) is 7.14.